The van der Waals surface area contributed by atoms with Crippen LogP contribution in [0.5, 0.6) is 0 Å². The van der Waals surface area contributed by atoms with Gasteiger partial charge < -0.3 is 15.7 Å². The fourth-order valence-electron chi connectivity index (χ4n) is 2.13. The fourth-order valence-corrected chi connectivity index (χ4v) is 2.13. The summed E-state index contributed by atoms with van der Waals surface area (Å²) in [6.45, 7) is 0.579. The number of nitrogens with one attached hydrogen (secondary N) is 4. The van der Waals surface area contributed by atoms with E-state index in [9.17, 15) is 9.59 Å². The molecule has 1 aliphatic rings. The highest BCUT2D eigenvalue weighted by Crippen LogP contribution is 2.06. The largest absolute Gasteiger partial charge is 0.395 e. The van der Waals surface area contributed by atoms with Crippen molar-refractivity contribution in [2.45, 2.75) is 25.8 Å². The van der Waals surface area contributed by atoms with Crippen LogP contribution in [0, 0.1) is 0 Å². The lowest BCUT2D eigenvalue weighted by atomic mass is 10.1. The summed E-state index contributed by atoms with van der Waals surface area (Å²) in [6, 6.07) is 7.59. The molecule has 5 N–H and O–H groups in total. The summed E-state index contributed by atoms with van der Waals surface area (Å²) in [4.78, 5) is 23.1. The van der Waals surface area contributed by atoms with Crippen LogP contribution in [0.2, 0.25) is 0 Å². The normalized spacial score (nSPS) is 12.6. The number of nitrogens with zero attached hydrogens (tertiary/aromatic N) is 2. The molecule has 1 aromatic carbocycles. The molecule has 2 amide bonds. The average Bonchev–Trinajstić information content (AvgIpc) is 2.66. The first-order chi connectivity index (χ1) is 12.2. The second kappa shape index (κ2) is 10.0. The molecule has 0 atom stereocenters. The zero-order valence-corrected chi connectivity index (χ0v) is 13.8. The predicted molar refractivity (Wildman–Crippen MR) is 97.8 cm³/mol. The van der Waals surface area contributed by atoms with E-state index in [4.69, 9.17) is 5.11 Å². The summed E-state index contributed by atoms with van der Waals surface area (Å²) >= 11 is 0. The summed E-state index contributed by atoms with van der Waals surface area (Å²) in [6.07, 6.45) is 2.48. The Kier molecular flexibility index (Phi) is 7.39. The Morgan fingerprint density at radius 1 is 1.12 bits per heavy atom. The quantitative estimate of drug-likeness (QED) is 0.424. The van der Waals surface area contributed by atoms with E-state index in [0.29, 0.717) is 18.8 Å². The van der Waals surface area contributed by atoms with Crippen molar-refractivity contribution in [2.75, 3.05) is 13.2 Å². The number of carbonyl (C=O) groups is 2. The number of hydrogen-bond acceptors (Lipinski definition) is 7. The molecule has 0 saturated carbocycles. The van der Waals surface area contributed by atoms with Gasteiger partial charge in [0.2, 0.25) is 11.8 Å². The lowest BCUT2D eigenvalue weighted by molar-refractivity contribution is -0.122. The smallest absolute Gasteiger partial charge is 0.220 e. The van der Waals surface area contributed by atoms with Gasteiger partial charge in [0.1, 0.15) is 6.34 Å². The second-order valence-electron chi connectivity index (χ2n) is 5.36. The van der Waals surface area contributed by atoms with E-state index >= 15 is 0 Å². The number of benzene rings is 1. The Labute approximate surface area is 148 Å². The monoisotopic (exact) mass is 350 g/mol. The topological polar surface area (TPSA) is 127 Å². The van der Waals surface area contributed by atoms with Crippen LogP contribution in [0.3, 0.4) is 0 Å². The number of carbonyl (C=O) groups excluding carboxylic acids is 2. The summed E-state index contributed by atoms with van der Waals surface area (Å²) < 4.78 is 0. The van der Waals surface area contributed by atoms with Gasteiger partial charge in [-0.2, -0.15) is 10.2 Å². The van der Waals surface area contributed by atoms with Crippen molar-refractivity contribution in [2.24, 2.45) is 10.2 Å². The van der Waals surface area contributed by atoms with Crippen molar-refractivity contribution in [3.8, 4) is 0 Å². The molecule has 9 nitrogen and oxygen atoms in total. The van der Waals surface area contributed by atoms with Crippen LogP contribution in [0.15, 0.2) is 34.5 Å². The SMILES string of the molecule is O=C(CCCC(=O)NCc1ccc(C2=NNC=NN2)cc1)NCCO.[HH].[HH]. The van der Waals surface area contributed by atoms with Crippen molar-refractivity contribution >= 4 is 24.0 Å². The number of rotatable bonds is 9. The molecule has 0 unspecified atom stereocenters. The third kappa shape index (κ3) is 6.60. The van der Waals surface area contributed by atoms with Crippen LogP contribution >= 0.6 is 0 Å². The molecule has 0 radical (unpaired) electrons. The number of aliphatic hydroxyl groups is 1. The predicted octanol–water partition coefficient (Wildman–Crippen LogP) is -0.129. The molecule has 0 fully saturated rings. The number of amides is 2. The molecule has 0 aromatic heterocycles. The van der Waals surface area contributed by atoms with Gasteiger partial charge in [0.05, 0.1) is 6.61 Å². The molecule has 0 aliphatic carbocycles. The minimum absolute atomic E-state index is 0. The highest BCUT2D eigenvalue weighted by atomic mass is 16.3. The molecular formula is C16H26N6O3. The van der Waals surface area contributed by atoms with Gasteiger partial charge in [-0.1, -0.05) is 24.3 Å². The van der Waals surface area contributed by atoms with Crippen molar-refractivity contribution in [1.29, 1.82) is 0 Å². The zero-order chi connectivity index (χ0) is 17.9. The Morgan fingerprint density at radius 2 is 1.84 bits per heavy atom. The van der Waals surface area contributed by atoms with Gasteiger partial charge in [-0.15, -0.1) is 0 Å². The summed E-state index contributed by atoms with van der Waals surface area (Å²) in [7, 11) is 0. The van der Waals surface area contributed by atoms with Crippen LogP contribution in [0.1, 0.15) is 33.2 Å². The first kappa shape index (κ1) is 18.4. The molecule has 2 rings (SSSR count). The fraction of sp³-hybridized carbons (Fsp3) is 0.375. The van der Waals surface area contributed by atoms with Crippen molar-refractivity contribution in [1.82, 2.24) is 21.5 Å². The van der Waals surface area contributed by atoms with Gasteiger partial charge in [-0.25, -0.2) is 0 Å². The number of hydrogen-bond donors (Lipinski definition) is 5. The molecular weight excluding hydrogens is 324 g/mol. The number of hydrazone groups is 2. The highest BCUT2D eigenvalue weighted by Gasteiger charge is 2.07. The van der Waals surface area contributed by atoms with Crippen molar-refractivity contribution in [3.63, 3.8) is 0 Å². The molecule has 25 heavy (non-hydrogen) atoms. The van der Waals surface area contributed by atoms with Crippen molar-refractivity contribution in [3.05, 3.63) is 35.4 Å². The maximum Gasteiger partial charge on any atom is 0.220 e. The lowest BCUT2D eigenvalue weighted by Crippen LogP contribution is -2.28. The van der Waals surface area contributed by atoms with Crippen LogP contribution in [0.4, 0.5) is 0 Å². The van der Waals surface area contributed by atoms with E-state index in [2.05, 4.69) is 31.7 Å². The number of amidine groups is 1. The lowest BCUT2D eigenvalue weighted by Gasteiger charge is -2.10. The summed E-state index contributed by atoms with van der Waals surface area (Å²) in [5.74, 6) is 0.365. The zero-order valence-electron chi connectivity index (χ0n) is 13.8. The molecule has 1 heterocycles. The van der Waals surface area contributed by atoms with Gasteiger partial charge >= 0.3 is 0 Å². The van der Waals surface area contributed by atoms with E-state index in [1.807, 2.05) is 24.3 Å². The maximum atomic E-state index is 11.8. The van der Waals surface area contributed by atoms with Crippen LogP contribution in [-0.4, -0.2) is 42.2 Å². The Morgan fingerprint density at radius 3 is 2.48 bits per heavy atom. The third-order valence-electron chi connectivity index (χ3n) is 3.43. The molecule has 0 saturated heterocycles. The highest BCUT2D eigenvalue weighted by molar-refractivity contribution is 5.99. The van der Waals surface area contributed by atoms with Gasteiger partial charge in [0.25, 0.3) is 0 Å². The average molecular weight is 350 g/mol. The van der Waals surface area contributed by atoms with E-state index in [1.54, 1.807) is 0 Å². The first-order valence-electron chi connectivity index (χ1n) is 8.03. The summed E-state index contributed by atoms with van der Waals surface area (Å²) in [5.41, 5.74) is 7.30. The molecule has 1 aliphatic heterocycles. The Bertz CT molecular complexity index is 652. The van der Waals surface area contributed by atoms with E-state index in [-0.39, 0.29) is 40.7 Å². The maximum absolute atomic E-state index is 11.8. The molecule has 0 bridgehead atoms. The van der Waals surface area contributed by atoms with Crippen LogP contribution < -0.4 is 21.5 Å². The molecule has 138 valence electrons. The molecule has 9 heteroatoms. The van der Waals surface area contributed by atoms with Crippen molar-refractivity contribution < 1.29 is 17.5 Å². The van der Waals surface area contributed by atoms with E-state index in [0.717, 1.165) is 11.1 Å². The Balaban J connectivity index is 0.00000338. The Hall–Kier alpha value is -2.94. The van der Waals surface area contributed by atoms with Gasteiger partial charge in [0.15, 0.2) is 5.84 Å². The van der Waals surface area contributed by atoms with Crippen LogP contribution in [-0.2, 0) is 16.1 Å². The standard InChI is InChI=1S/C16H22N6O3.2H2/c23-9-8-17-14(24)2-1-3-15(25)18-10-12-4-6-13(7-5-12)16-21-19-11-20-22-16;;/h4-7,11,23H,1-3,8-10H2,(H,17,24)(H,18,25)(H,19,20)(H,21,22);2*1H. The van der Waals surface area contributed by atoms with E-state index in [1.165, 1.54) is 6.34 Å². The minimum Gasteiger partial charge on any atom is -0.395 e. The minimum atomic E-state index is -0.157. The molecule has 1 aromatic rings. The number of aliphatic hydroxyl groups excluding tert-OH is 1. The van der Waals surface area contributed by atoms with Gasteiger partial charge in [-0.3, -0.25) is 20.4 Å². The van der Waals surface area contributed by atoms with Gasteiger partial charge in [0, 0.05) is 34.3 Å². The van der Waals surface area contributed by atoms with Crippen LogP contribution in [0.25, 0.3) is 0 Å². The molecule has 0 spiro atoms. The first-order valence-corrected chi connectivity index (χ1v) is 8.03. The van der Waals surface area contributed by atoms with E-state index < -0.39 is 0 Å². The second-order valence-corrected chi connectivity index (χ2v) is 5.36. The summed E-state index contributed by atoms with van der Waals surface area (Å²) in [5, 5.41) is 21.9. The van der Waals surface area contributed by atoms with Gasteiger partial charge in [-0.05, 0) is 12.0 Å². The third-order valence-corrected chi connectivity index (χ3v) is 3.43.